The van der Waals surface area contributed by atoms with E-state index in [1.807, 2.05) is 0 Å². The van der Waals surface area contributed by atoms with E-state index in [0.717, 1.165) is 6.07 Å². The molecule has 0 unspecified atom stereocenters. The average Bonchev–Trinajstić information content (AvgIpc) is 2.44. The number of hydrogen-bond donors (Lipinski definition) is 2. The zero-order valence-corrected chi connectivity index (χ0v) is 10.4. The van der Waals surface area contributed by atoms with Crippen molar-refractivity contribution >= 4 is 17.5 Å². The number of fused-ring (bicyclic) bond motifs is 2. The summed E-state index contributed by atoms with van der Waals surface area (Å²) >= 11 is 0. The standard InChI is InChI=1S/C15H8O6/c16-9-5-8-10(14(19)11(9)15(20)21)13(18)7-4-2-1-3-6(7)12(8)17/h1-5,16,19H,(H,20,21)/p-1. The maximum Gasteiger partial charge on any atom is 0.338 e. The minimum absolute atomic E-state index is 0.0501. The van der Waals surface area contributed by atoms with Crippen LogP contribution in [0.4, 0.5) is 0 Å². The third-order valence-corrected chi connectivity index (χ3v) is 3.36. The van der Waals surface area contributed by atoms with Crippen molar-refractivity contribution in [1.29, 1.82) is 0 Å². The molecule has 0 atom stereocenters. The molecule has 0 radical (unpaired) electrons. The van der Waals surface area contributed by atoms with Crippen molar-refractivity contribution in [3.8, 4) is 11.5 Å². The maximum atomic E-state index is 12.3. The minimum atomic E-state index is -1.65. The van der Waals surface area contributed by atoms with Crippen LogP contribution < -0.4 is 5.11 Å². The Bertz CT molecular complexity index is 834. The van der Waals surface area contributed by atoms with Crippen molar-refractivity contribution in [1.82, 2.24) is 0 Å². The zero-order valence-electron chi connectivity index (χ0n) is 10.4. The first-order chi connectivity index (χ1) is 9.93. The number of rotatable bonds is 1. The lowest BCUT2D eigenvalue weighted by Gasteiger charge is -2.24. The van der Waals surface area contributed by atoms with Gasteiger partial charge < -0.3 is 15.3 Å². The summed E-state index contributed by atoms with van der Waals surface area (Å²) in [6.07, 6.45) is 0. The van der Waals surface area contributed by atoms with Crippen LogP contribution in [0.3, 0.4) is 0 Å². The average molecular weight is 283 g/mol. The molecule has 2 aromatic carbocycles. The molecule has 0 bridgehead atoms. The van der Waals surface area contributed by atoms with Crippen LogP contribution in [-0.4, -0.2) is 27.7 Å². The minimum Gasteiger partial charge on any atom is -0.871 e. The van der Waals surface area contributed by atoms with Gasteiger partial charge in [0.2, 0.25) is 0 Å². The highest BCUT2D eigenvalue weighted by Crippen LogP contribution is 2.37. The van der Waals surface area contributed by atoms with E-state index >= 15 is 0 Å². The smallest absolute Gasteiger partial charge is 0.338 e. The predicted molar refractivity (Wildman–Crippen MR) is 67.8 cm³/mol. The molecule has 104 valence electrons. The first-order valence-electron chi connectivity index (χ1n) is 5.92. The second-order valence-corrected chi connectivity index (χ2v) is 4.53. The Kier molecular flexibility index (Phi) is 2.56. The fraction of sp³-hybridized carbons (Fsp3) is 0. The number of aromatic hydroxyl groups is 1. The van der Waals surface area contributed by atoms with Gasteiger partial charge in [-0.15, -0.1) is 0 Å². The summed E-state index contributed by atoms with van der Waals surface area (Å²) in [5.41, 5.74) is -1.51. The first-order valence-corrected chi connectivity index (χ1v) is 5.92. The molecule has 0 aliphatic heterocycles. The zero-order chi connectivity index (χ0) is 15.3. The van der Waals surface area contributed by atoms with Gasteiger partial charge in [-0.25, -0.2) is 4.79 Å². The highest BCUT2D eigenvalue weighted by Gasteiger charge is 2.32. The monoisotopic (exact) mass is 283 g/mol. The molecule has 2 aromatic rings. The molecule has 0 heterocycles. The van der Waals surface area contributed by atoms with Gasteiger partial charge in [0.05, 0.1) is 5.56 Å². The van der Waals surface area contributed by atoms with Crippen molar-refractivity contribution in [3.63, 3.8) is 0 Å². The van der Waals surface area contributed by atoms with Gasteiger partial charge in [0.25, 0.3) is 0 Å². The molecule has 0 aromatic heterocycles. The van der Waals surface area contributed by atoms with E-state index in [0.29, 0.717) is 0 Å². The fourth-order valence-electron chi connectivity index (χ4n) is 2.41. The molecule has 0 amide bonds. The molecular formula is C15H7O6-. The quantitative estimate of drug-likeness (QED) is 0.686. The van der Waals surface area contributed by atoms with Gasteiger partial charge in [-0.2, -0.15) is 0 Å². The predicted octanol–water partition coefficient (Wildman–Crippen LogP) is 0.939. The highest BCUT2D eigenvalue weighted by molar-refractivity contribution is 6.30. The lowest BCUT2D eigenvalue weighted by molar-refractivity contribution is -0.269. The number of carbonyl (C=O) groups is 3. The molecule has 0 saturated heterocycles. The Balaban J connectivity index is 2.39. The molecule has 0 spiro atoms. The van der Waals surface area contributed by atoms with E-state index < -0.39 is 40.2 Å². The number of hydrogen-bond acceptors (Lipinski definition) is 5. The summed E-state index contributed by atoms with van der Waals surface area (Å²) in [4.78, 5) is 35.6. The van der Waals surface area contributed by atoms with Gasteiger partial charge in [0, 0.05) is 22.3 Å². The van der Waals surface area contributed by atoms with Crippen molar-refractivity contribution in [2.45, 2.75) is 0 Å². The second-order valence-electron chi connectivity index (χ2n) is 4.53. The first kappa shape index (κ1) is 12.9. The summed E-state index contributed by atoms with van der Waals surface area (Å²) in [7, 11) is 0. The molecule has 3 rings (SSSR count). The Morgan fingerprint density at radius 3 is 2.14 bits per heavy atom. The third-order valence-electron chi connectivity index (χ3n) is 3.36. The van der Waals surface area contributed by atoms with Crippen LogP contribution in [0.25, 0.3) is 0 Å². The van der Waals surface area contributed by atoms with Gasteiger partial charge in [-0.05, 0) is 6.07 Å². The van der Waals surface area contributed by atoms with Crippen molar-refractivity contribution in [2.24, 2.45) is 0 Å². The van der Waals surface area contributed by atoms with Crippen LogP contribution >= 0.6 is 0 Å². The molecule has 21 heavy (non-hydrogen) atoms. The Morgan fingerprint density at radius 1 is 1.00 bits per heavy atom. The Hall–Kier alpha value is -3.15. The summed E-state index contributed by atoms with van der Waals surface area (Å²) in [6.45, 7) is 0. The van der Waals surface area contributed by atoms with Crippen LogP contribution in [0.2, 0.25) is 0 Å². The van der Waals surface area contributed by atoms with Gasteiger partial charge in [0.15, 0.2) is 11.6 Å². The van der Waals surface area contributed by atoms with Crippen molar-refractivity contribution in [2.75, 3.05) is 0 Å². The lowest BCUT2D eigenvalue weighted by Crippen LogP contribution is -2.24. The lowest BCUT2D eigenvalue weighted by atomic mass is 9.82. The molecule has 6 heteroatoms. The molecule has 0 saturated carbocycles. The van der Waals surface area contributed by atoms with Gasteiger partial charge in [-0.3, -0.25) is 9.59 Å². The van der Waals surface area contributed by atoms with Crippen LogP contribution in [0.15, 0.2) is 30.3 Å². The molecule has 1 aliphatic carbocycles. The summed E-state index contributed by atoms with van der Waals surface area (Å²) < 4.78 is 0. The van der Waals surface area contributed by atoms with Crippen LogP contribution in [-0.2, 0) is 0 Å². The summed E-state index contributed by atoms with van der Waals surface area (Å²) in [5.74, 6) is -4.94. The Labute approximate surface area is 117 Å². The van der Waals surface area contributed by atoms with Crippen LogP contribution in [0.5, 0.6) is 11.5 Å². The topological polar surface area (TPSA) is 115 Å². The number of phenols is 1. The van der Waals surface area contributed by atoms with E-state index in [1.54, 1.807) is 6.07 Å². The third kappa shape index (κ3) is 1.62. The van der Waals surface area contributed by atoms with E-state index in [-0.39, 0.29) is 16.7 Å². The number of ketones is 2. The van der Waals surface area contributed by atoms with E-state index in [9.17, 15) is 24.6 Å². The van der Waals surface area contributed by atoms with Crippen LogP contribution in [0.1, 0.15) is 42.2 Å². The SMILES string of the molecule is O=C1c2ccccc2C(=O)c2c1cc(O)c(C(=O)O)c2[O-]. The number of carbonyl (C=O) groups excluding carboxylic acids is 2. The second kappa shape index (κ2) is 4.17. The largest absolute Gasteiger partial charge is 0.871 e. The van der Waals surface area contributed by atoms with Crippen molar-refractivity contribution in [3.05, 3.63) is 58.1 Å². The van der Waals surface area contributed by atoms with E-state index in [4.69, 9.17) is 5.11 Å². The number of benzene rings is 2. The molecule has 2 N–H and O–H groups in total. The van der Waals surface area contributed by atoms with Gasteiger partial charge in [-0.1, -0.05) is 30.0 Å². The van der Waals surface area contributed by atoms with Crippen molar-refractivity contribution < 1.29 is 29.7 Å². The molecule has 0 fully saturated rings. The van der Waals surface area contributed by atoms with Gasteiger partial charge >= 0.3 is 5.97 Å². The maximum absolute atomic E-state index is 12.3. The Morgan fingerprint density at radius 2 is 1.57 bits per heavy atom. The number of carboxylic acids is 1. The highest BCUT2D eigenvalue weighted by atomic mass is 16.4. The molecule has 1 aliphatic rings. The summed E-state index contributed by atoms with van der Waals surface area (Å²) in [5, 5.41) is 30.7. The molecular weight excluding hydrogens is 276 g/mol. The molecule has 6 nitrogen and oxygen atoms in total. The number of carboxylic acid groups (broad SMARTS) is 1. The van der Waals surface area contributed by atoms with Gasteiger partial charge in [0.1, 0.15) is 5.75 Å². The normalized spacial score (nSPS) is 12.8. The summed E-state index contributed by atoms with van der Waals surface area (Å²) in [6, 6.07) is 6.79. The van der Waals surface area contributed by atoms with E-state index in [2.05, 4.69) is 0 Å². The fourth-order valence-corrected chi connectivity index (χ4v) is 2.41. The van der Waals surface area contributed by atoms with E-state index in [1.165, 1.54) is 18.2 Å². The van der Waals surface area contributed by atoms with Crippen LogP contribution in [0, 0.1) is 0 Å². The number of aromatic carboxylic acids is 1.